The number of hydrogen-bond acceptors (Lipinski definition) is 5. The average molecular weight is 546 g/mol. The Morgan fingerprint density at radius 1 is 1.19 bits per heavy atom. The fourth-order valence-corrected chi connectivity index (χ4v) is 4.63. The largest absolute Gasteiger partial charge is 0.490 e. The van der Waals surface area contributed by atoms with Crippen LogP contribution in [0.1, 0.15) is 20.3 Å². The van der Waals surface area contributed by atoms with Crippen molar-refractivity contribution < 1.29 is 36.3 Å². The maximum absolute atomic E-state index is 12.9. The van der Waals surface area contributed by atoms with Gasteiger partial charge in [-0.05, 0) is 30.2 Å². The molecule has 8 nitrogen and oxygen atoms in total. The summed E-state index contributed by atoms with van der Waals surface area (Å²) in [4.78, 5) is 23.3. The second-order valence-corrected chi connectivity index (χ2v) is 10.2. The molecule has 182 valence electrons. The Hall–Kier alpha value is -1.70. The van der Waals surface area contributed by atoms with Crippen LogP contribution in [-0.2, 0) is 19.6 Å². The summed E-state index contributed by atoms with van der Waals surface area (Å²) < 4.78 is 59.9. The van der Waals surface area contributed by atoms with Crippen LogP contribution in [0.3, 0.4) is 0 Å². The molecule has 2 N–H and O–H groups in total. The Balaban J connectivity index is 0.000000633. The van der Waals surface area contributed by atoms with E-state index in [0.717, 1.165) is 17.6 Å². The lowest BCUT2D eigenvalue weighted by Crippen LogP contribution is -2.47. The molecule has 0 atom stereocenters. The minimum absolute atomic E-state index is 0.0151. The Morgan fingerprint density at radius 3 is 2.12 bits per heavy atom. The zero-order chi connectivity index (χ0) is 24.5. The van der Waals surface area contributed by atoms with E-state index in [-0.39, 0.29) is 29.7 Å². The number of carbonyl (C=O) groups excluding carboxylic acids is 1. The molecule has 1 heterocycles. The zero-order valence-corrected chi connectivity index (χ0v) is 20.1. The predicted octanol–water partition coefficient (Wildman–Crippen LogP) is 2.55. The Kier molecular flexibility index (Phi) is 11.1. The molecule has 1 fully saturated rings. The van der Waals surface area contributed by atoms with E-state index in [4.69, 9.17) is 9.90 Å². The van der Waals surface area contributed by atoms with Gasteiger partial charge < -0.3 is 15.3 Å². The van der Waals surface area contributed by atoms with Crippen molar-refractivity contribution in [3.05, 3.63) is 28.7 Å². The average Bonchev–Trinajstić information content (AvgIpc) is 2.71. The number of amides is 1. The van der Waals surface area contributed by atoms with Crippen LogP contribution in [0, 0.1) is 5.92 Å². The first-order chi connectivity index (χ1) is 14.7. The SMILES string of the molecule is CC(C)CN(CCC(=O)N1CCNCC1)S(=O)(=O)c1ccc(Br)cc1.O=C(O)C(F)(F)F. The van der Waals surface area contributed by atoms with Gasteiger partial charge in [-0.3, -0.25) is 4.79 Å². The number of sulfonamides is 1. The minimum atomic E-state index is -5.08. The van der Waals surface area contributed by atoms with E-state index in [1.54, 1.807) is 29.2 Å². The molecule has 0 aromatic heterocycles. The quantitative estimate of drug-likeness (QED) is 0.545. The molecule has 2 rings (SSSR count). The Morgan fingerprint density at radius 2 is 1.69 bits per heavy atom. The standard InChI is InChI=1S/C17H26BrN3O3S.C2HF3O2/c1-14(2)13-21(10-7-17(22)20-11-8-19-9-12-20)25(23,24)16-5-3-15(18)4-6-16;3-2(4,5)1(6)7/h3-6,14,19H,7-13H2,1-2H3;(H,6,7). The molecule has 32 heavy (non-hydrogen) atoms. The zero-order valence-electron chi connectivity index (χ0n) is 17.7. The van der Waals surface area contributed by atoms with Gasteiger partial charge in [0.1, 0.15) is 0 Å². The summed E-state index contributed by atoms with van der Waals surface area (Å²) in [5.41, 5.74) is 0. The molecular formula is C19H27BrF3N3O5S. The van der Waals surface area contributed by atoms with Crippen LogP contribution in [0.4, 0.5) is 13.2 Å². The number of piperazine rings is 1. The van der Waals surface area contributed by atoms with Crippen LogP contribution in [0.5, 0.6) is 0 Å². The van der Waals surface area contributed by atoms with Crippen molar-refractivity contribution in [2.45, 2.75) is 31.3 Å². The van der Waals surface area contributed by atoms with Gasteiger partial charge >= 0.3 is 12.1 Å². The minimum Gasteiger partial charge on any atom is -0.475 e. The maximum atomic E-state index is 12.9. The second-order valence-electron chi connectivity index (χ2n) is 7.39. The first-order valence-electron chi connectivity index (χ1n) is 9.79. The monoisotopic (exact) mass is 545 g/mol. The molecule has 1 aromatic carbocycles. The highest BCUT2D eigenvalue weighted by atomic mass is 79.9. The highest BCUT2D eigenvalue weighted by Crippen LogP contribution is 2.20. The highest BCUT2D eigenvalue weighted by Gasteiger charge is 2.38. The van der Waals surface area contributed by atoms with Crippen LogP contribution >= 0.6 is 15.9 Å². The van der Waals surface area contributed by atoms with Gasteiger partial charge in [-0.2, -0.15) is 17.5 Å². The molecule has 0 saturated carbocycles. The number of carboxylic acid groups (broad SMARTS) is 1. The number of alkyl halides is 3. The van der Waals surface area contributed by atoms with Crippen molar-refractivity contribution in [3.8, 4) is 0 Å². The van der Waals surface area contributed by atoms with Crippen LogP contribution in [0.15, 0.2) is 33.6 Å². The number of rotatable bonds is 7. The van der Waals surface area contributed by atoms with Gasteiger partial charge in [-0.15, -0.1) is 0 Å². The predicted molar refractivity (Wildman–Crippen MR) is 115 cm³/mol. The number of nitrogens with one attached hydrogen (secondary N) is 1. The van der Waals surface area contributed by atoms with E-state index >= 15 is 0 Å². The van der Waals surface area contributed by atoms with E-state index in [0.29, 0.717) is 19.6 Å². The van der Waals surface area contributed by atoms with Crippen molar-refractivity contribution in [2.24, 2.45) is 5.92 Å². The molecule has 0 unspecified atom stereocenters. The smallest absolute Gasteiger partial charge is 0.475 e. The highest BCUT2D eigenvalue weighted by molar-refractivity contribution is 9.10. The normalized spacial score (nSPS) is 14.8. The number of nitrogens with zero attached hydrogens (tertiary/aromatic N) is 2. The van der Waals surface area contributed by atoms with Crippen molar-refractivity contribution in [2.75, 3.05) is 39.3 Å². The van der Waals surface area contributed by atoms with Crippen molar-refractivity contribution >= 4 is 37.8 Å². The number of carbonyl (C=O) groups is 2. The Bertz CT molecular complexity index is 858. The topological polar surface area (TPSA) is 107 Å². The van der Waals surface area contributed by atoms with Crippen molar-refractivity contribution in [1.82, 2.24) is 14.5 Å². The maximum Gasteiger partial charge on any atom is 0.490 e. The summed E-state index contributed by atoms with van der Waals surface area (Å²) in [5, 5.41) is 10.3. The van der Waals surface area contributed by atoms with E-state index in [9.17, 15) is 26.4 Å². The molecule has 0 radical (unpaired) electrons. The van der Waals surface area contributed by atoms with Crippen molar-refractivity contribution in [3.63, 3.8) is 0 Å². The molecule has 0 aliphatic carbocycles. The van der Waals surface area contributed by atoms with Crippen LogP contribution in [0.25, 0.3) is 0 Å². The van der Waals surface area contributed by atoms with E-state index < -0.39 is 22.2 Å². The van der Waals surface area contributed by atoms with Crippen LogP contribution < -0.4 is 5.32 Å². The fraction of sp³-hybridized carbons (Fsp3) is 0.579. The first kappa shape index (κ1) is 28.3. The molecule has 1 amide bonds. The lowest BCUT2D eigenvalue weighted by Gasteiger charge is -2.29. The van der Waals surface area contributed by atoms with Gasteiger partial charge in [0.05, 0.1) is 4.90 Å². The van der Waals surface area contributed by atoms with Gasteiger partial charge in [0.15, 0.2) is 0 Å². The van der Waals surface area contributed by atoms with Gasteiger partial charge in [0.2, 0.25) is 15.9 Å². The number of benzene rings is 1. The van der Waals surface area contributed by atoms with Crippen LogP contribution in [0.2, 0.25) is 0 Å². The molecule has 1 saturated heterocycles. The van der Waals surface area contributed by atoms with Gasteiger partial charge in [-0.1, -0.05) is 29.8 Å². The number of aliphatic carboxylic acids is 1. The first-order valence-corrected chi connectivity index (χ1v) is 12.0. The molecule has 1 aromatic rings. The molecular weight excluding hydrogens is 519 g/mol. The Labute approximate surface area is 193 Å². The van der Waals surface area contributed by atoms with Crippen molar-refractivity contribution in [1.29, 1.82) is 0 Å². The van der Waals surface area contributed by atoms with E-state index in [1.165, 1.54) is 4.31 Å². The fourth-order valence-electron chi connectivity index (χ4n) is 2.77. The third kappa shape index (κ3) is 9.43. The summed E-state index contributed by atoms with van der Waals surface area (Å²) in [6, 6.07) is 6.61. The number of halogens is 4. The second kappa shape index (κ2) is 12.5. The molecule has 13 heteroatoms. The van der Waals surface area contributed by atoms with Gasteiger partial charge in [0.25, 0.3) is 0 Å². The summed E-state index contributed by atoms with van der Waals surface area (Å²) in [6.45, 7) is 7.50. The summed E-state index contributed by atoms with van der Waals surface area (Å²) in [6.07, 6.45) is -4.87. The lowest BCUT2D eigenvalue weighted by molar-refractivity contribution is -0.192. The van der Waals surface area contributed by atoms with E-state index in [2.05, 4.69) is 21.2 Å². The molecule has 0 spiro atoms. The van der Waals surface area contributed by atoms with E-state index in [1.807, 2.05) is 13.8 Å². The summed E-state index contributed by atoms with van der Waals surface area (Å²) >= 11 is 3.32. The molecule has 1 aliphatic rings. The van der Waals surface area contributed by atoms with Crippen LogP contribution in [-0.4, -0.2) is 80.1 Å². The lowest BCUT2D eigenvalue weighted by atomic mass is 10.2. The third-order valence-electron chi connectivity index (χ3n) is 4.31. The molecule has 0 bridgehead atoms. The summed E-state index contributed by atoms with van der Waals surface area (Å²) in [7, 11) is -3.61. The number of carboxylic acids is 1. The number of hydrogen-bond donors (Lipinski definition) is 2. The molecule has 1 aliphatic heterocycles. The third-order valence-corrected chi connectivity index (χ3v) is 6.72. The summed E-state index contributed by atoms with van der Waals surface area (Å²) in [5.74, 6) is -2.56. The van der Waals surface area contributed by atoms with Gasteiger partial charge in [-0.25, -0.2) is 13.2 Å². The van der Waals surface area contributed by atoms with Gasteiger partial charge in [0, 0.05) is 50.2 Å².